The van der Waals surface area contributed by atoms with E-state index >= 15 is 0 Å². The van der Waals surface area contributed by atoms with Gasteiger partial charge in [0.15, 0.2) is 11.5 Å². The van der Waals surface area contributed by atoms with Gasteiger partial charge in [-0.05, 0) is 47.2 Å². The topological polar surface area (TPSA) is 347 Å². The summed E-state index contributed by atoms with van der Waals surface area (Å²) in [6.45, 7) is 8.00. The van der Waals surface area contributed by atoms with Crippen LogP contribution in [0.3, 0.4) is 0 Å². The number of phenols is 3. The third-order valence-corrected chi connectivity index (χ3v) is 11.4. The lowest BCUT2D eigenvalue weighted by Crippen LogP contribution is -2.02. The zero-order valence-electron chi connectivity index (χ0n) is 36.7. The van der Waals surface area contributed by atoms with Gasteiger partial charge in [-0.2, -0.15) is 42.4 Å². The van der Waals surface area contributed by atoms with Crippen molar-refractivity contribution in [2.75, 3.05) is 19.8 Å². The van der Waals surface area contributed by atoms with Gasteiger partial charge in [0.2, 0.25) is 0 Å². The molecular weight excluding hydrogens is 971 g/mol. The highest BCUT2D eigenvalue weighted by Gasteiger charge is 2.25. The monoisotopic (exact) mass is 1020 g/mol. The van der Waals surface area contributed by atoms with E-state index in [9.17, 15) is 36.7 Å². The van der Waals surface area contributed by atoms with E-state index in [1.54, 1.807) is 48.5 Å². The quantitative estimate of drug-likeness (QED) is 0.0141. The van der Waals surface area contributed by atoms with Crippen LogP contribution >= 0.6 is 24.1 Å². The number of nitrogen functional groups attached to an aromatic ring is 1. The Bertz CT molecular complexity index is 3130. The van der Waals surface area contributed by atoms with Crippen molar-refractivity contribution in [3.8, 4) is 17.2 Å². The smallest absolute Gasteiger partial charge is 0.295 e. The Morgan fingerprint density at radius 2 is 1.07 bits per heavy atom. The summed E-state index contributed by atoms with van der Waals surface area (Å²) in [5, 5.41) is 79.4. The average Bonchev–Trinajstić information content (AvgIpc) is 3.33. The van der Waals surface area contributed by atoms with Crippen molar-refractivity contribution in [1.82, 2.24) is 0 Å². The Morgan fingerprint density at radius 3 is 1.62 bits per heavy atom. The summed E-state index contributed by atoms with van der Waals surface area (Å²) in [5.74, 6) is -0.736. The summed E-state index contributed by atoms with van der Waals surface area (Å²) in [7, 11) is -6.33. The van der Waals surface area contributed by atoms with Gasteiger partial charge >= 0.3 is 0 Å². The first-order chi connectivity index (χ1) is 32.5. The van der Waals surface area contributed by atoms with Gasteiger partial charge < -0.3 is 21.1 Å². The van der Waals surface area contributed by atoms with E-state index in [1.165, 1.54) is 26.2 Å². The molecule has 0 unspecified atom stereocenters. The second-order valence-electron chi connectivity index (χ2n) is 12.3. The molecule has 9 N–H and O–H groups in total. The number of azo groups is 3. The standard InChI is InChI=1S/C16H12N2O4S.C12H13N5O7S2.C10H8O4S.2C2H6/c19-16-13-9-5-4-6-11(13)10-14(23-22-21-20)15(16)18-17-12-7-2-1-3-8-12;1-14-16-6-4-8(26(20,21)22)5-3-7(25-24-23-19)11(17-15-2)12(18)9(5)10(6)13;11-10-6-8(15(12,13)14)5-7-3-1-2-4-9(7)10;2*1-2/h1-10,19-20H;3-4,18-19H,13H2,1-2H3,(H,20,21,22);1-6,11H,(H,12,13,14);2*1-2H3. The van der Waals surface area contributed by atoms with E-state index in [2.05, 4.69) is 49.4 Å². The van der Waals surface area contributed by atoms with Crippen molar-refractivity contribution in [3.05, 3.63) is 109 Å². The molecule has 0 heterocycles. The summed E-state index contributed by atoms with van der Waals surface area (Å²) >= 11 is 1.14. The van der Waals surface area contributed by atoms with Crippen molar-refractivity contribution in [3.63, 3.8) is 0 Å². The molecule has 7 aromatic carbocycles. The predicted molar refractivity (Wildman–Crippen MR) is 256 cm³/mol. The highest BCUT2D eigenvalue weighted by atomic mass is 32.2. The summed E-state index contributed by atoms with van der Waals surface area (Å²) in [6.07, 6.45) is 0. The summed E-state index contributed by atoms with van der Waals surface area (Å²) < 4.78 is 72.5. The summed E-state index contributed by atoms with van der Waals surface area (Å²) in [5.41, 5.74) is 6.53. The molecule has 0 aliphatic rings. The molecule has 0 spiro atoms. The number of anilines is 1. The van der Waals surface area contributed by atoms with Crippen LogP contribution in [0.2, 0.25) is 0 Å². The van der Waals surface area contributed by atoms with Crippen LogP contribution in [0.15, 0.2) is 159 Å². The molecule has 0 fully saturated rings. The molecule has 22 nitrogen and oxygen atoms in total. The second-order valence-corrected chi connectivity index (χ2v) is 16.6. The lowest BCUT2D eigenvalue weighted by atomic mass is 10.0. The van der Waals surface area contributed by atoms with Crippen molar-refractivity contribution in [2.24, 2.45) is 30.7 Å². The van der Waals surface area contributed by atoms with Crippen LogP contribution in [-0.4, -0.2) is 65.9 Å². The van der Waals surface area contributed by atoms with E-state index in [0.29, 0.717) is 38.8 Å². The van der Waals surface area contributed by atoms with Gasteiger partial charge in [0.25, 0.3) is 20.2 Å². The number of fused-ring (bicyclic) bond motifs is 3. The number of nitrogens with zero attached hydrogens (tertiary/aromatic N) is 6. The van der Waals surface area contributed by atoms with Crippen LogP contribution in [0.4, 0.5) is 28.4 Å². The Balaban J connectivity index is 0.000000268. The van der Waals surface area contributed by atoms with Gasteiger partial charge in [-0.15, -0.1) is 13.8 Å². The predicted octanol–water partition coefficient (Wildman–Crippen LogP) is 12.5. The van der Waals surface area contributed by atoms with Gasteiger partial charge in [0, 0.05) is 36.3 Å². The van der Waals surface area contributed by atoms with Gasteiger partial charge in [-0.25, -0.2) is 10.5 Å². The zero-order valence-corrected chi connectivity index (χ0v) is 39.9. The molecule has 0 aliphatic carbocycles. The molecule has 0 radical (unpaired) electrons. The Kier molecular flexibility index (Phi) is 22.1. The van der Waals surface area contributed by atoms with Crippen LogP contribution in [0, 0.1) is 0 Å². The van der Waals surface area contributed by atoms with Crippen molar-refractivity contribution >= 4 is 105 Å². The minimum atomic E-state index is -4.72. The average molecular weight is 1020 g/mol. The van der Waals surface area contributed by atoms with Crippen molar-refractivity contribution in [2.45, 2.75) is 47.3 Å². The van der Waals surface area contributed by atoms with Gasteiger partial charge in [-0.3, -0.25) is 9.11 Å². The van der Waals surface area contributed by atoms with Crippen LogP contribution in [0.25, 0.3) is 32.3 Å². The van der Waals surface area contributed by atoms with Gasteiger partial charge in [-0.1, -0.05) is 105 Å². The van der Waals surface area contributed by atoms with Crippen LogP contribution in [0.5, 0.6) is 17.2 Å². The lowest BCUT2D eigenvalue weighted by Gasteiger charge is -2.14. The molecule has 362 valence electrons. The maximum Gasteiger partial charge on any atom is 0.295 e. The molecule has 7 aromatic rings. The Morgan fingerprint density at radius 1 is 0.559 bits per heavy atom. The van der Waals surface area contributed by atoms with Crippen molar-refractivity contribution < 1.29 is 70.5 Å². The molecule has 0 aliphatic heterocycles. The van der Waals surface area contributed by atoms with E-state index in [-0.39, 0.29) is 54.8 Å². The first-order valence-corrected chi connectivity index (χ1v) is 23.8. The minimum Gasteiger partial charge on any atom is -0.507 e. The number of aromatic hydroxyl groups is 3. The largest absolute Gasteiger partial charge is 0.507 e. The number of rotatable bonds is 12. The second kappa shape index (κ2) is 26.8. The highest BCUT2D eigenvalue weighted by molar-refractivity contribution is 7.95. The molecule has 26 heteroatoms. The molecule has 68 heavy (non-hydrogen) atoms. The number of hydrogen-bond donors (Lipinski definition) is 8. The summed E-state index contributed by atoms with van der Waals surface area (Å²) in [6, 6.07) is 29.5. The van der Waals surface area contributed by atoms with Crippen LogP contribution in [0.1, 0.15) is 27.7 Å². The SMILES string of the molecule is CC.CC.CN=Nc1cc(S(=O)(=O)O)c2cc(SOOO)c(N=NC)c(O)c2c1N.O=S(=O)(O)c1cc(O)c2ccccc2c1.OOOSc1cc2ccccc2c(O)c1N=Nc1ccccc1. The highest BCUT2D eigenvalue weighted by Crippen LogP contribution is 2.49. The fourth-order valence-electron chi connectivity index (χ4n) is 5.74. The molecule has 0 saturated heterocycles. The van der Waals surface area contributed by atoms with Crippen molar-refractivity contribution in [1.29, 1.82) is 0 Å². The fourth-order valence-corrected chi connectivity index (χ4v) is 7.96. The van der Waals surface area contributed by atoms with E-state index in [4.69, 9.17) is 20.8 Å². The van der Waals surface area contributed by atoms with E-state index in [0.717, 1.165) is 29.6 Å². The van der Waals surface area contributed by atoms with Gasteiger partial charge in [0.1, 0.15) is 27.7 Å². The molecular formula is C42H45N7O15S4. The third-order valence-electron chi connectivity index (χ3n) is 8.41. The number of hydrogen-bond acceptors (Lipinski definition) is 22. The zero-order chi connectivity index (χ0) is 50.6. The van der Waals surface area contributed by atoms with Gasteiger partial charge in [0.05, 0.1) is 55.5 Å². The van der Waals surface area contributed by atoms with E-state index < -0.39 is 30.9 Å². The van der Waals surface area contributed by atoms with E-state index in [1.807, 2.05) is 64.1 Å². The number of phenolic OH excluding ortho intramolecular Hbond substituents is 3. The minimum absolute atomic E-state index is 0.0174. The first kappa shape index (κ1) is 55.9. The molecule has 0 atom stereocenters. The lowest BCUT2D eigenvalue weighted by molar-refractivity contribution is -0.432. The fraction of sp³-hybridized carbons (Fsp3) is 0.143. The van der Waals surface area contributed by atoms with Crippen LogP contribution in [-0.2, 0) is 39.0 Å². The molecule has 0 aromatic heterocycles. The third kappa shape index (κ3) is 14.6. The number of nitrogens with two attached hydrogens (primary N) is 1. The molecule has 0 amide bonds. The Labute approximate surface area is 398 Å². The van der Waals surface area contributed by atoms with Crippen LogP contribution < -0.4 is 5.73 Å². The maximum absolute atomic E-state index is 11.8. The first-order valence-electron chi connectivity index (χ1n) is 19.4. The number of benzene rings is 7. The maximum atomic E-state index is 11.8. The molecule has 0 saturated carbocycles. The molecule has 7 rings (SSSR count). The normalized spacial score (nSPS) is 11.4. The Hall–Kier alpha value is -6.40. The summed E-state index contributed by atoms with van der Waals surface area (Å²) in [4.78, 5) is -0.413. The molecule has 0 bridgehead atoms.